The normalized spacial score (nSPS) is 10.3. The smallest absolute Gasteiger partial charge is 0.135 e. The van der Waals surface area contributed by atoms with Crippen molar-refractivity contribution in [3.63, 3.8) is 0 Å². The fraction of sp³-hybridized carbons (Fsp3) is 0.200. The first-order valence-electron chi connectivity index (χ1n) is 5.99. The molecule has 2 aromatic carbocycles. The van der Waals surface area contributed by atoms with Gasteiger partial charge in [0.25, 0.3) is 0 Å². The number of aliphatic hydroxyl groups is 1. The van der Waals surface area contributed by atoms with Gasteiger partial charge in [-0.2, -0.15) is 0 Å². The van der Waals surface area contributed by atoms with E-state index in [0.717, 1.165) is 28.0 Å². The molecule has 0 saturated carbocycles. The maximum atomic E-state index is 8.99. The molecule has 0 spiro atoms. The quantitative estimate of drug-likeness (QED) is 0.884. The van der Waals surface area contributed by atoms with Crippen molar-refractivity contribution in [2.24, 2.45) is 0 Å². The van der Waals surface area contributed by atoms with E-state index in [4.69, 9.17) is 9.84 Å². The maximum Gasteiger partial charge on any atom is 0.135 e. The zero-order chi connectivity index (χ0) is 13.7. The molecule has 0 aliphatic carbocycles. The molecule has 19 heavy (non-hydrogen) atoms. The summed E-state index contributed by atoms with van der Waals surface area (Å²) in [5.74, 6) is 0.806. The highest BCUT2D eigenvalue weighted by molar-refractivity contribution is 9.10. The highest BCUT2D eigenvalue weighted by Crippen LogP contribution is 2.28. The highest BCUT2D eigenvalue weighted by Gasteiger charge is 2.01. The lowest BCUT2D eigenvalue weighted by molar-refractivity contribution is 0.282. The number of ether oxygens (including phenoxy) is 1. The number of hydrogen-bond acceptors (Lipinski definition) is 3. The van der Waals surface area contributed by atoms with E-state index >= 15 is 0 Å². The van der Waals surface area contributed by atoms with Crippen LogP contribution in [0.5, 0.6) is 5.75 Å². The van der Waals surface area contributed by atoms with Crippen molar-refractivity contribution in [2.45, 2.75) is 13.2 Å². The summed E-state index contributed by atoms with van der Waals surface area (Å²) in [6, 6.07) is 13.8. The van der Waals surface area contributed by atoms with Gasteiger partial charge in [0, 0.05) is 18.3 Å². The summed E-state index contributed by atoms with van der Waals surface area (Å²) in [5, 5.41) is 12.3. The van der Waals surface area contributed by atoms with Gasteiger partial charge in [-0.3, -0.25) is 0 Å². The molecule has 2 rings (SSSR count). The summed E-state index contributed by atoms with van der Waals surface area (Å²) in [4.78, 5) is 0. The largest absolute Gasteiger partial charge is 0.495 e. The number of anilines is 1. The highest BCUT2D eigenvalue weighted by atomic mass is 79.9. The summed E-state index contributed by atoms with van der Waals surface area (Å²) in [6.07, 6.45) is 0. The molecule has 0 amide bonds. The number of rotatable bonds is 5. The monoisotopic (exact) mass is 321 g/mol. The van der Waals surface area contributed by atoms with Crippen molar-refractivity contribution in [1.82, 2.24) is 0 Å². The third-order valence-electron chi connectivity index (χ3n) is 2.85. The zero-order valence-corrected chi connectivity index (χ0v) is 12.3. The minimum absolute atomic E-state index is 0.0810. The van der Waals surface area contributed by atoms with Crippen LogP contribution in [-0.2, 0) is 13.2 Å². The van der Waals surface area contributed by atoms with Gasteiger partial charge in [0.2, 0.25) is 0 Å². The minimum Gasteiger partial charge on any atom is -0.495 e. The summed E-state index contributed by atoms with van der Waals surface area (Å²) in [5.41, 5.74) is 3.10. The lowest BCUT2D eigenvalue weighted by atomic mass is 10.1. The molecule has 0 aromatic heterocycles. The molecule has 4 heteroatoms. The van der Waals surface area contributed by atoms with Crippen LogP contribution in [0.1, 0.15) is 11.1 Å². The molecular formula is C15H16BrNO2. The molecular weight excluding hydrogens is 306 g/mol. The lowest BCUT2D eigenvalue weighted by Crippen LogP contribution is -2.00. The van der Waals surface area contributed by atoms with Gasteiger partial charge >= 0.3 is 0 Å². The molecule has 2 N–H and O–H groups in total. The first-order valence-corrected chi connectivity index (χ1v) is 6.78. The van der Waals surface area contributed by atoms with Gasteiger partial charge in [-0.05, 0) is 39.2 Å². The topological polar surface area (TPSA) is 41.5 Å². The van der Waals surface area contributed by atoms with Crippen LogP contribution in [-0.4, -0.2) is 12.2 Å². The van der Waals surface area contributed by atoms with Crippen LogP contribution in [0, 0.1) is 0 Å². The predicted molar refractivity (Wildman–Crippen MR) is 80.4 cm³/mol. The molecule has 0 heterocycles. The van der Waals surface area contributed by atoms with Crippen molar-refractivity contribution in [2.75, 3.05) is 12.4 Å². The molecule has 0 aliphatic heterocycles. The van der Waals surface area contributed by atoms with E-state index in [1.807, 2.05) is 42.5 Å². The van der Waals surface area contributed by atoms with Crippen molar-refractivity contribution in [3.05, 3.63) is 58.1 Å². The van der Waals surface area contributed by atoms with Crippen LogP contribution in [0.4, 0.5) is 5.69 Å². The van der Waals surface area contributed by atoms with Crippen LogP contribution < -0.4 is 10.1 Å². The average Bonchev–Trinajstić information content (AvgIpc) is 2.47. The molecule has 0 fully saturated rings. The molecule has 2 aromatic rings. The van der Waals surface area contributed by atoms with E-state index in [1.54, 1.807) is 7.11 Å². The summed E-state index contributed by atoms with van der Waals surface area (Å²) in [7, 11) is 1.65. The lowest BCUT2D eigenvalue weighted by Gasteiger charge is -2.10. The van der Waals surface area contributed by atoms with Crippen LogP contribution in [0.2, 0.25) is 0 Å². The number of aliphatic hydroxyl groups excluding tert-OH is 1. The Hall–Kier alpha value is -1.52. The minimum atomic E-state index is 0.0810. The van der Waals surface area contributed by atoms with Crippen LogP contribution >= 0.6 is 15.9 Å². The summed E-state index contributed by atoms with van der Waals surface area (Å²) in [6.45, 7) is 0.814. The number of benzene rings is 2. The fourth-order valence-corrected chi connectivity index (χ4v) is 2.14. The third kappa shape index (κ3) is 3.72. The Labute approximate surface area is 121 Å². The Morgan fingerprint density at radius 1 is 1.11 bits per heavy atom. The van der Waals surface area contributed by atoms with Crippen LogP contribution in [0.3, 0.4) is 0 Å². The van der Waals surface area contributed by atoms with Gasteiger partial charge in [0.15, 0.2) is 0 Å². The molecule has 0 saturated heterocycles. The predicted octanol–water partition coefficient (Wildman–Crippen LogP) is 3.56. The first kappa shape index (κ1) is 13.9. The van der Waals surface area contributed by atoms with Crippen LogP contribution in [0.25, 0.3) is 0 Å². The number of hydrogen-bond donors (Lipinski definition) is 2. The molecule has 3 nitrogen and oxygen atoms in total. The third-order valence-corrected chi connectivity index (χ3v) is 3.51. The second-order valence-corrected chi connectivity index (χ2v) is 5.03. The van der Waals surface area contributed by atoms with E-state index in [2.05, 4.69) is 21.2 Å². The molecule has 0 aliphatic rings. The van der Waals surface area contributed by atoms with E-state index in [-0.39, 0.29) is 6.61 Å². The molecule has 0 unspecified atom stereocenters. The van der Waals surface area contributed by atoms with E-state index in [9.17, 15) is 0 Å². The van der Waals surface area contributed by atoms with Gasteiger partial charge in [0.1, 0.15) is 5.75 Å². The molecule has 100 valence electrons. The Kier molecular flexibility index (Phi) is 4.82. The van der Waals surface area contributed by atoms with Gasteiger partial charge in [0.05, 0.1) is 18.2 Å². The molecule has 0 bridgehead atoms. The summed E-state index contributed by atoms with van der Waals surface area (Å²) < 4.78 is 6.19. The van der Waals surface area contributed by atoms with E-state index in [0.29, 0.717) is 0 Å². The Morgan fingerprint density at radius 2 is 1.79 bits per heavy atom. The Morgan fingerprint density at radius 3 is 2.42 bits per heavy atom. The van der Waals surface area contributed by atoms with Crippen molar-refractivity contribution in [3.8, 4) is 5.75 Å². The Bertz CT molecular complexity index is 540. The van der Waals surface area contributed by atoms with Gasteiger partial charge < -0.3 is 15.2 Å². The second-order valence-electron chi connectivity index (χ2n) is 4.18. The Balaban J connectivity index is 2.01. The number of halogens is 1. The average molecular weight is 322 g/mol. The van der Waals surface area contributed by atoms with Crippen LogP contribution in [0.15, 0.2) is 46.9 Å². The van der Waals surface area contributed by atoms with Gasteiger partial charge in [-0.1, -0.05) is 24.3 Å². The van der Waals surface area contributed by atoms with Crippen molar-refractivity contribution < 1.29 is 9.84 Å². The zero-order valence-electron chi connectivity index (χ0n) is 10.7. The SMILES string of the molecule is COc1cc(NCc2ccc(CO)cc2)ccc1Br. The first-order chi connectivity index (χ1) is 9.22. The van der Waals surface area contributed by atoms with Gasteiger partial charge in [-0.25, -0.2) is 0 Å². The number of methoxy groups -OCH3 is 1. The fourth-order valence-electron chi connectivity index (χ4n) is 1.74. The standard InChI is InChI=1S/C15H16BrNO2/c1-19-15-8-13(6-7-14(15)16)17-9-11-2-4-12(10-18)5-3-11/h2-8,17-18H,9-10H2,1H3. The maximum absolute atomic E-state index is 8.99. The molecule has 0 radical (unpaired) electrons. The van der Waals surface area contributed by atoms with E-state index in [1.165, 1.54) is 5.56 Å². The van der Waals surface area contributed by atoms with E-state index < -0.39 is 0 Å². The second kappa shape index (κ2) is 6.59. The van der Waals surface area contributed by atoms with Gasteiger partial charge in [-0.15, -0.1) is 0 Å². The number of nitrogens with one attached hydrogen (secondary N) is 1. The van der Waals surface area contributed by atoms with Crippen molar-refractivity contribution in [1.29, 1.82) is 0 Å². The summed E-state index contributed by atoms with van der Waals surface area (Å²) >= 11 is 3.43. The molecule has 0 atom stereocenters. The van der Waals surface area contributed by atoms with Crippen molar-refractivity contribution >= 4 is 21.6 Å².